The monoisotopic (exact) mass is 428 g/mol. The highest BCUT2D eigenvalue weighted by Crippen LogP contribution is 2.37. The first-order valence-electron chi connectivity index (χ1n) is 5.77. The average molecular weight is 429 g/mol. The Bertz CT molecular complexity index is 317. The molecule has 0 bridgehead atoms. The van der Waals surface area contributed by atoms with Crippen molar-refractivity contribution in [3.8, 4) is 0 Å². The van der Waals surface area contributed by atoms with Crippen LogP contribution in [-0.4, -0.2) is 76.7 Å². The summed E-state index contributed by atoms with van der Waals surface area (Å²) in [7, 11) is 0. The minimum absolute atomic E-state index is 0.0496. The Morgan fingerprint density at radius 3 is 1.50 bits per heavy atom. The highest BCUT2D eigenvalue weighted by Gasteiger charge is 2.38. The predicted molar refractivity (Wildman–Crippen MR) is 105 cm³/mol. The number of hydrogen-bond acceptors (Lipinski definition) is 10. The summed E-state index contributed by atoms with van der Waals surface area (Å²) in [5, 5.41) is 33.9. The first-order chi connectivity index (χ1) is 10.1. The number of carboxylic acids is 2. The molecule has 0 aromatic heterocycles. The number of thioether (sulfide) groups is 2. The van der Waals surface area contributed by atoms with Crippen LogP contribution in [0.5, 0.6) is 0 Å². The average Bonchev–Trinajstić information content (AvgIpc) is 2.50. The van der Waals surface area contributed by atoms with Crippen LogP contribution < -0.4 is 0 Å². The lowest BCUT2D eigenvalue weighted by molar-refractivity contribution is -0.144. The lowest BCUT2D eigenvalue weighted by atomic mass is 10.5. The van der Waals surface area contributed by atoms with Crippen LogP contribution in [0.15, 0.2) is 0 Å². The van der Waals surface area contributed by atoms with Crippen molar-refractivity contribution in [1.29, 1.82) is 0 Å². The molecule has 2 atom stereocenters. The van der Waals surface area contributed by atoms with E-state index >= 15 is 0 Å². The number of thiol groups is 4. The van der Waals surface area contributed by atoms with Crippen LogP contribution in [0.2, 0.25) is 0 Å². The van der Waals surface area contributed by atoms with Crippen molar-refractivity contribution in [3.63, 3.8) is 0 Å². The standard InChI is InChI=1S/C8H16O3S6.C2H4O3/c9-7(10)8(11,16-3-5(14)1-12)17-4-6(15)2-13;3-1-2(4)5/h5-6,11-15H,1-4H2,(H,9,10);3H,1H2,(H,4,5). The third-order valence-corrected chi connectivity index (χ3v) is 7.43. The largest absolute Gasteiger partial charge is 0.480 e. The van der Waals surface area contributed by atoms with Crippen LogP contribution >= 0.6 is 74.0 Å². The Morgan fingerprint density at radius 2 is 1.32 bits per heavy atom. The zero-order valence-corrected chi connectivity index (χ0v) is 16.6. The van der Waals surface area contributed by atoms with Crippen molar-refractivity contribution in [1.82, 2.24) is 0 Å². The maximum Gasteiger partial charge on any atom is 0.357 e. The minimum atomic E-state index is -1.85. The zero-order valence-electron chi connectivity index (χ0n) is 11.4. The first kappa shape index (κ1) is 25.2. The molecule has 0 saturated heterocycles. The van der Waals surface area contributed by atoms with Gasteiger partial charge in [-0.1, -0.05) is 0 Å². The molecule has 6 nitrogen and oxygen atoms in total. The van der Waals surface area contributed by atoms with Gasteiger partial charge in [0.25, 0.3) is 4.27 Å². The van der Waals surface area contributed by atoms with Crippen molar-refractivity contribution in [3.05, 3.63) is 0 Å². The van der Waals surface area contributed by atoms with Crippen molar-refractivity contribution in [2.24, 2.45) is 0 Å². The topological polar surface area (TPSA) is 115 Å². The Hall–Kier alpha value is 0.960. The van der Waals surface area contributed by atoms with Crippen LogP contribution in [0.1, 0.15) is 0 Å². The highest BCUT2D eigenvalue weighted by atomic mass is 32.2. The molecule has 0 aromatic rings. The minimum Gasteiger partial charge on any atom is -0.480 e. The van der Waals surface area contributed by atoms with Gasteiger partial charge in [0.15, 0.2) is 0 Å². The van der Waals surface area contributed by atoms with Gasteiger partial charge in [-0.15, -0.1) is 23.5 Å². The second kappa shape index (κ2) is 14.3. The molecule has 0 rings (SSSR count). The lowest BCUT2D eigenvalue weighted by Crippen LogP contribution is -2.34. The summed E-state index contributed by atoms with van der Waals surface area (Å²) in [5.74, 6) is -0.553. The highest BCUT2D eigenvalue weighted by molar-refractivity contribution is 8.19. The van der Waals surface area contributed by atoms with Gasteiger partial charge in [-0.05, 0) is 0 Å². The van der Waals surface area contributed by atoms with E-state index in [9.17, 15) is 9.90 Å². The second-order valence-corrected chi connectivity index (χ2v) is 8.61. The maximum absolute atomic E-state index is 11.0. The van der Waals surface area contributed by atoms with E-state index < -0.39 is 22.8 Å². The number of aliphatic hydroxyl groups excluding tert-OH is 1. The van der Waals surface area contributed by atoms with Crippen LogP contribution in [0.3, 0.4) is 0 Å². The fraction of sp³-hybridized carbons (Fsp3) is 0.800. The quantitative estimate of drug-likeness (QED) is 0.189. The Labute approximate surface area is 159 Å². The predicted octanol–water partition coefficient (Wildman–Crippen LogP) is 0.703. The summed E-state index contributed by atoms with van der Waals surface area (Å²) in [6, 6.07) is 0. The maximum atomic E-state index is 11.0. The van der Waals surface area contributed by atoms with Crippen molar-refractivity contribution in [2.45, 2.75) is 14.8 Å². The Morgan fingerprint density at radius 1 is 1.00 bits per heavy atom. The molecule has 0 aliphatic rings. The molecule has 2 unspecified atom stereocenters. The molecule has 0 aromatic carbocycles. The molecular formula is C10H20O6S6. The third-order valence-electron chi connectivity index (χ3n) is 1.77. The zero-order chi connectivity index (χ0) is 17.8. The van der Waals surface area contributed by atoms with Gasteiger partial charge in [-0.25, -0.2) is 9.59 Å². The van der Waals surface area contributed by atoms with Crippen LogP contribution in [-0.2, 0) is 9.59 Å². The molecule has 0 heterocycles. The lowest BCUT2D eigenvalue weighted by Gasteiger charge is -2.24. The van der Waals surface area contributed by atoms with Crippen molar-refractivity contribution in [2.75, 3.05) is 29.6 Å². The van der Waals surface area contributed by atoms with E-state index in [-0.39, 0.29) is 10.5 Å². The van der Waals surface area contributed by atoms with Gasteiger partial charge in [0.2, 0.25) is 0 Å². The van der Waals surface area contributed by atoms with Crippen molar-refractivity contribution >= 4 is 86.0 Å². The summed E-state index contributed by atoms with van der Waals surface area (Å²) >= 11 is 18.4. The van der Waals surface area contributed by atoms with Crippen LogP contribution in [0.4, 0.5) is 0 Å². The third kappa shape index (κ3) is 13.4. The molecular weight excluding hydrogens is 409 g/mol. The molecule has 22 heavy (non-hydrogen) atoms. The van der Waals surface area contributed by atoms with E-state index in [2.05, 4.69) is 50.5 Å². The number of aliphatic hydroxyl groups is 2. The first-order valence-corrected chi connectivity index (χ1v) is 10.0. The van der Waals surface area contributed by atoms with E-state index in [1.54, 1.807) is 0 Å². The molecule has 0 radical (unpaired) electrons. The number of aliphatic carboxylic acids is 2. The van der Waals surface area contributed by atoms with Gasteiger partial charge in [0.05, 0.1) is 0 Å². The van der Waals surface area contributed by atoms with Gasteiger partial charge in [0, 0.05) is 33.5 Å². The van der Waals surface area contributed by atoms with Crippen LogP contribution in [0.25, 0.3) is 0 Å². The molecule has 132 valence electrons. The van der Waals surface area contributed by atoms with Gasteiger partial charge in [0.1, 0.15) is 6.61 Å². The summed E-state index contributed by atoms with van der Waals surface area (Å²) in [4.78, 5) is 20.2. The van der Waals surface area contributed by atoms with E-state index in [0.29, 0.717) is 23.0 Å². The Kier molecular flexibility index (Phi) is 16.4. The van der Waals surface area contributed by atoms with E-state index in [4.69, 9.17) is 20.1 Å². The SMILES string of the molecule is O=C(O)C(O)(SCC(S)CS)SCC(S)CS.O=C(O)CO. The van der Waals surface area contributed by atoms with Gasteiger partial charge in [-0.2, -0.15) is 50.5 Å². The Balaban J connectivity index is 0. The smallest absolute Gasteiger partial charge is 0.357 e. The van der Waals surface area contributed by atoms with Gasteiger partial charge >= 0.3 is 11.9 Å². The normalized spacial score (nSPS) is 15.9. The summed E-state index contributed by atoms with van der Waals surface area (Å²) < 4.78 is -1.85. The molecule has 0 aliphatic heterocycles. The number of carbonyl (C=O) groups is 2. The number of carboxylic acid groups (broad SMARTS) is 2. The molecule has 12 heteroatoms. The fourth-order valence-electron chi connectivity index (χ4n) is 0.689. The van der Waals surface area contributed by atoms with E-state index in [1.807, 2.05) is 0 Å². The van der Waals surface area contributed by atoms with Gasteiger partial charge in [-0.3, -0.25) is 0 Å². The summed E-state index contributed by atoms with van der Waals surface area (Å²) in [6.07, 6.45) is 0. The molecule has 0 fully saturated rings. The molecule has 0 aliphatic carbocycles. The summed E-state index contributed by atoms with van der Waals surface area (Å²) in [6.45, 7) is -0.778. The van der Waals surface area contributed by atoms with E-state index in [1.165, 1.54) is 0 Å². The number of hydrogen-bond donors (Lipinski definition) is 8. The van der Waals surface area contributed by atoms with Crippen molar-refractivity contribution < 1.29 is 30.0 Å². The fourth-order valence-corrected chi connectivity index (χ4v) is 3.80. The second-order valence-electron chi connectivity index (χ2n) is 3.73. The molecule has 4 N–H and O–H groups in total. The molecule has 0 amide bonds. The molecule has 0 spiro atoms. The van der Waals surface area contributed by atoms with Gasteiger partial charge < -0.3 is 20.4 Å². The summed E-state index contributed by atoms with van der Waals surface area (Å²) in [5.41, 5.74) is 0. The number of rotatable bonds is 10. The molecule has 0 saturated carbocycles. The van der Waals surface area contributed by atoms with Crippen LogP contribution in [0, 0.1) is 0 Å². The van der Waals surface area contributed by atoms with E-state index in [0.717, 1.165) is 23.5 Å².